The summed E-state index contributed by atoms with van der Waals surface area (Å²) in [4.78, 5) is 0. The number of hydrogen-bond donors (Lipinski definition) is 2. The van der Waals surface area contributed by atoms with Crippen molar-refractivity contribution in [1.29, 1.82) is 0 Å². The molecular weight excluding hydrogens is 202 g/mol. The second-order valence-corrected chi connectivity index (χ2v) is 3.44. The van der Waals surface area contributed by atoms with Gasteiger partial charge in [-0.05, 0) is 17.5 Å². The van der Waals surface area contributed by atoms with Gasteiger partial charge in [-0.15, -0.1) is 0 Å². The molecule has 1 aromatic carbocycles. The van der Waals surface area contributed by atoms with Gasteiger partial charge in [-0.25, -0.2) is 4.57 Å². The maximum atomic E-state index is 9.37. The fraction of sp³-hybridized carbons (Fsp3) is 0.308. The van der Waals surface area contributed by atoms with Gasteiger partial charge in [0.05, 0.1) is 5.39 Å². The highest BCUT2D eigenvalue weighted by Crippen LogP contribution is 2.30. The molecule has 3 nitrogen and oxygen atoms in total. The number of nitrogens with zero attached hydrogens (tertiary/aromatic N) is 1. The molecule has 86 valence electrons. The zero-order valence-corrected chi connectivity index (χ0v) is 10.2. The van der Waals surface area contributed by atoms with Crippen molar-refractivity contribution in [3.8, 4) is 11.5 Å². The van der Waals surface area contributed by atoms with Crippen LogP contribution in [0.5, 0.6) is 11.5 Å². The minimum absolute atomic E-state index is 0.0770. The van der Waals surface area contributed by atoms with Crippen LogP contribution >= 0.6 is 0 Å². The third-order valence-electron chi connectivity index (χ3n) is 2.54. The second kappa shape index (κ2) is 4.84. The van der Waals surface area contributed by atoms with Gasteiger partial charge in [-0.1, -0.05) is 13.8 Å². The van der Waals surface area contributed by atoms with E-state index >= 15 is 0 Å². The van der Waals surface area contributed by atoms with Crippen LogP contribution in [0.4, 0.5) is 0 Å². The van der Waals surface area contributed by atoms with Crippen molar-refractivity contribution < 1.29 is 14.8 Å². The van der Waals surface area contributed by atoms with Crippen LogP contribution in [-0.2, 0) is 7.05 Å². The van der Waals surface area contributed by atoms with Crippen LogP contribution in [0.1, 0.15) is 19.5 Å². The molecule has 0 bridgehead atoms. The highest BCUT2D eigenvalue weighted by atomic mass is 16.3. The molecular formula is C13H18NO2+. The summed E-state index contributed by atoms with van der Waals surface area (Å²) in [6.07, 6.45) is 1.92. The third-order valence-corrected chi connectivity index (χ3v) is 2.54. The average Bonchev–Trinajstić information content (AvgIpc) is 2.30. The summed E-state index contributed by atoms with van der Waals surface area (Å²) >= 11 is 0. The van der Waals surface area contributed by atoms with Crippen LogP contribution in [0.2, 0.25) is 0 Å². The van der Waals surface area contributed by atoms with Crippen LogP contribution in [0.25, 0.3) is 10.8 Å². The molecule has 2 aromatic rings. The highest BCUT2D eigenvalue weighted by Gasteiger charge is 2.09. The van der Waals surface area contributed by atoms with Crippen molar-refractivity contribution in [2.24, 2.45) is 7.05 Å². The summed E-state index contributed by atoms with van der Waals surface area (Å²) in [5, 5.41) is 20.6. The standard InChI is InChI=1S/C11H11NO2.C2H6/c1-7-9-6-11(14)10(13)5-8(9)3-4-12(7)2;1-2/h3-6,14H,1-2H3;1-2H3/p+1. The van der Waals surface area contributed by atoms with E-state index in [4.69, 9.17) is 0 Å². The molecule has 3 heteroatoms. The molecule has 0 fully saturated rings. The third kappa shape index (κ3) is 2.08. The first-order valence-electron chi connectivity index (χ1n) is 5.40. The first kappa shape index (κ1) is 12.3. The smallest absolute Gasteiger partial charge is 0.185 e. The van der Waals surface area contributed by atoms with Crippen molar-refractivity contribution in [2.75, 3.05) is 0 Å². The summed E-state index contributed by atoms with van der Waals surface area (Å²) < 4.78 is 1.97. The van der Waals surface area contributed by atoms with Crippen LogP contribution in [0, 0.1) is 6.92 Å². The summed E-state index contributed by atoms with van der Waals surface area (Å²) in [5.74, 6) is -0.155. The Hall–Kier alpha value is -1.77. The lowest BCUT2D eigenvalue weighted by Gasteiger charge is -2.02. The van der Waals surface area contributed by atoms with Crippen molar-refractivity contribution >= 4 is 10.8 Å². The summed E-state index contributed by atoms with van der Waals surface area (Å²) in [5.41, 5.74) is 1.05. The minimum Gasteiger partial charge on any atom is -0.504 e. The molecule has 2 N–H and O–H groups in total. The van der Waals surface area contributed by atoms with Crippen LogP contribution in [-0.4, -0.2) is 10.2 Å². The number of aryl methyl sites for hydroxylation is 2. The van der Waals surface area contributed by atoms with Gasteiger partial charge in [-0.3, -0.25) is 0 Å². The van der Waals surface area contributed by atoms with Gasteiger partial charge < -0.3 is 10.2 Å². The van der Waals surface area contributed by atoms with Crippen LogP contribution < -0.4 is 4.57 Å². The number of phenolic OH excluding ortho intramolecular Hbond substituents is 2. The molecule has 1 heterocycles. The average molecular weight is 220 g/mol. The molecule has 0 saturated heterocycles. The molecule has 0 spiro atoms. The Balaban J connectivity index is 0.000000606. The molecule has 0 aliphatic heterocycles. The van der Waals surface area contributed by atoms with Crippen molar-refractivity contribution in [3.63, 3.8) is 0 Å². The molecule has 0 amide bonds. The van der Waals surface area contributed by atoms with Gasteiger partial charge in [0.2, 0.25) is 0 Å². The van der Waals surface area contributed by atoms with E-state index in [1.54, 1.807) is 12.1 Å². The number of rotatable bonds is 0. The van der Waals surface area contributed by atoms with Crippen molar-refractivity contribution in [2.45, 2.75) is 20.8 Å². The quantitative estimate of drug-likeness (QED) is 0.529. The molecule has 2 rings (SSSR count). The van der Waals surface area contributed by atoms with E-state index in [0.29, 0.717) is 0 Å². The lowest BCUT2D eigenvalue weighted by Crippen LogP contribution is -2.30. The summed E-state index contributed by atoms with van der Waals surface area (Å²) in [6, 6.07) is 5.05. The molecule has 0 atom stereocenters. The first-order chi connectivity index (χ1) is 7.59. The summed E-state index contributed by atoms with van der Waals surface area (Å²) in [7, 11) is 1.94. The second-order valence-electron chi connectivity index (χ2n) is 3.44. The lowest BCUT2D eigenvalue weighted by atomic mass is 10.1. The number of hydrogen-bond acceptors (Lipinski definition) is 2. The van der Waals surface area contributed by atoms with E-state index in [1.807, 2.05) is 44.6 Å². The largest absolute Gasteiger partial charge is 0.504 e. The molecule has 0 aliphatic carbocycles. The molecule has 1 aromatic heterocycles. The Kier molecular flexibility index (Phi) is 3.72. The van der Waals surface area contributed by atoms with Gasteiger partial charge in [0.1, 0.15) is 7.05 Å². The molecule has 0 unspecified atom stereocenters. The minimum atomic E-state index is -0.0780. The van der Waals surface area contributed by atoms with E-state index in [2.05, 4.69) is 0 Å². The van der Waals surface area contributed by atoms with Gasteiger partial charge in [0, 0.05) is 13.0 Å². The Bertz CT molecular complexity index is 507. The molecule has 16 heavy (non-hydrogen) atoms. The first-order valence-corrected chi connectivity index (χ1v) is 5.40. The van der Waals surface area contributed by atoms with Crippen LogP contribution in [0.3, 0.4) is 0 Å². The Labute approximate surface area is 95.6 Å². The molecule has 0 aliphatic rings. The fourth-order valence-electron chi connectivity index (χ4n) is 1.54. The van der Waals surface area contributed by atoms with Gasteiger partial charge >= 0.3 is 0 Å². The predicted molar refractivity (Wildman–Crippen MR) is 64.5 cm³/mol. The lowest BCUT2D eigenvalue weighted by molar-refractivity contribution is -0.676. The van der Waals surface area contributed by atoms with E-state index in [9.17, 15) is 10.2 Å². The SMILES string of the molecule is CC.Cc1c2cc(O)c(O)cc2cc[n+]1C. The summed E-state index contributed by atoms with van der Waals surface area (Å²) in [6.45, 7) is 5.97. The number of aromatic hydroxyl groups is 2. The number of benzene rings is 1. The van der Waals surface area contributed by atoms with Crippen molar-refractivity contribution in [1.82, 2.24) is 0 Å². The Morgan fingerprint density at radius 3 is 2.25 bits per heavy atom. The van der Waals surface area contributed by atoms with Gasteiger partial charge in [0.15, 0.2) is 23.4 Å². The van der Waals surface area contributed by atoms with Crippen LogP contribution in [0.15, 0.2) is 24.4 Å². The fourth-order valence-corrected chi connectivity index (χ4v) is 1.54. The van der Waals surface area contributed by atoms with E-state index in [0.717, 1.165) is 16.5 Å². The maximum absolute atomic E-state index is 9.37. The number of fused-ring (bicyclic) bond motifs is 1. The maximum Gasteiger partial charge on any atom is 0.185 e. The monoisotopic (exact) mass is 220 g/mol. The van der Waals surface area contributed by atoms with E-state index < -0.39 is 0 Å². The highest BCUT2D eigenvalue weighted by molar-refractivity contribution is 5.86. The topological polar surface area (TPSA) is 44.3 Å². The van der Waals surface area contributed by atoms with Crippen molar-refractivity contribution in [3.05, 3.63) is 30.1 Å². The van der Waals surface area contributed by atoms with Gasteiger partial charge in [-0.2, -0.15) is 0 Å². The van der Waals surface area contributed by atoms with Gasteiger partial charge in [0.25, 0.3) is 0 Å². The molecule has 0 saturated carbocycles. The zero-order valence-electron chi connectivity index (χ0n) is 10.2. The number of aromatic nitrogens is 1. The Morgan fingerprint density at radius 1 is 1.06 bits per heavy atom. The predicted octanol–water partition coefficient (Wildman–Crippen LogP) is 2.41. The Morgan fingerprint density at radius 2 is 1.62 bits per heavy atom. The van der Waals surface area contributed by atoms with E-state index in [1.165, 1.54) is 0 Å². The molecule has 0 radical (unpaired) electrons. The number of pyridine rings is 1. The number of phenols is 2. The zero-order chi connectivity index (χ0) is 12.3. The van der Waals surface area contributed by atoms with E-state index in [-0.39, 0.29) is 11.5 Å². The normalized spacial score (nSPS) is 9.75.